The van der Waals surface area contributed by atoms with Gasteiger partial charge >= 0.3 is 0 Å². The summed E-state index contributed by atoms with van der Waals surface area (Å²) in [6.45, 7) is -1.96. The first-order valence-electron chi connectivity index (χ1n) is 10.8. The van der Waals surface area contributed by atoms with Gasteiger partial charge < -0.3 is 67.0 Å². The summed E-state index contributed by atoms with van der Waals surface area (Å²) in [5.41, 5.74) is -0.407. The smallest absolute Gasteiger partial charge is 0.256 e. The molecule has 0 aliphatic heterocycles. The van der Waals surface area contributed by atoms with Gasteiger partial charge in [0.15, 0.2) is 12.2 Å². The number of amides is 3. The molecule has 0 aromatic heterocycles. The van der Waals surface area contributed by atoms with Crippen LogP contribution in [0.15, 0.2) is 0 Å². The van der Waals surface area contributed by atoms with E-state index in [1.54, 1.807) is 67.8 Å². The van der Waals surface area contributed by atoms with E-state index in [-0.39, 0.29) is 27.6 Å². The maximum absolute atomic E-state index is 12.7. The van der Waals surface area contributed by atoms with E-state index >= 15 is 0 Å². The average Bonchev–Trinajstić information content (AvgIpc) is 2.93. The van der Waals surface area contributed by atoms with Crippen LogP contribution in [0, 0.1) is 10.7 Å². The van der Waals surface area contributed by atoms with Crippen molar-refractivity contribution >= 4 is 96.9 Å². The number of hydrogen-bond donors (Lipinski definition) is 13. The molecule has 1 aromatic carbocycles. The van der Waals surface area contributed by atoms with Gasteiger partial charge in [-0.25, -0.2) is 0 Å². The van der Waals surface area contributed by atoms with Crippen LogP contribution in [0.25, 0.3) is 0 Å². The fourth-order valence-corrected chi connectivity index (χ4v) is 7.15. The number of aliphatic hydroxyl groups excluding tert-OH is 10. The largest absolute Gasteiger partial charge is 0.394 e. The maximum Gasteiger partial charge on any atom is 0.256 e. The van der Waals surface area contributed by atoms with Crippen molar-refractivity contribution in [2.75, 3.05) is 30.9 Å². The molecule has 0 aliphatic carbocycles. The number of anilines is 2. The lowest BCUT2D eigenvalue weighted by Gasteiger charge is -2.27. The lowest BCUT2D eigenvalue weighted by Crippen LogP contribution is -2.50. The third-order valence-electron chi connectivity index (χ3n) is 5.31. The van der Waals surface area contributed by atoms with E-state index in [4.69, 9.17) is 10.2 Å². The molecular formula is C20H28I3N3O13. The Kier molecular flexibility index (Phi) is 15.1. The molecule has 3 amide bonds. The summed E-state index contributed by atoms with van der Waals surface area (Å²) < 4.78 is 0.240. The third kappa shape index (κ3) is 8.71. The summed E-state index contributed by atoms with van der Waals surface area (Å²) in [6, 6.07) is 0. The second kappa shape index (κ2) is 16.2. The minimum atomic E-state index is -2.33. The molecule has 0 heterocycles. The second-order valence-electron chi connectivity index (χ2n) is 7.98. The van der Waals surface area contributed by atoms with Crippen molar-refractivity contribution in [3.63, 3.8) is 0 Å². The first-order chi connectivity index (χ1) is 18.1. The first kappa shape index (κ1) is 36.4. The van der Waals surface area contributed by atoms with Crippen LogP contribution < -0.4 is 16.0 Å². The molecule has 0 bridgehead atoms. The summed E-state index contributed by atoms with van der Waals surface area (Å²) >= 11 is 5.03. The zero-order valence-electron chi connectivity index (χ0n) is 19.9. The Hall–Kier alpha value is -0.580. The molecule has 19 heteroatoms. The van der Waals surface area contributed by atoms with Crippen molar-refractivity contribution in [3.05, 3.63) is 16.3 Å². The zero-order chi connectivity index (χ0) is 30.4. The Bertz CT molecular complexity index is 981. The van der Waals surface area contributed by atoms with Crippen LogP contribution in [0.2, 0.25) is 0 Å². The number of aliphatic hydroxyl groups is 10. The number of nitrogens with one attached hydrogen (secondary N) is 3. The van der Waals surface area contributed by atoms with Gasteiger partial charge in [0.05, 0.1) is 40.9 Å². The maximum atomic E-state index is 12.7. The van der Waals surface area contributed by atoms with E-state index < -0.39 is 79.8 Å². The van der Waals surface area contributed by atoms with Gasteiger partial charge in [-0.1, -0.05) is 0 Å². The molecule has 0 radical (unpaired) electrons. The third-order valence-corrected chi connectivity index (χ3v) is 8.55. The molecule has 0 saturated heterocycles. The van der Waals surface area contributed by atoms with Crippen molar-refractivity contribution in [2.45, 2.75) is 48.8 Å². The number of rotatable bonds is 13. The predicted molar refractivity (Wildman–Crippen MR) is 157 cm³/mol. The summed E-state index contributed by atoms with van der Waals surface area (Å²) in [5, 5.41) is 104. The lowest BCUT2D eigenvalue weighted by atomic mass is 10.0. The van der Waals surface area contributed by atoms with Crippen molar-refractivity contribution in [3.8, 4) is 0 Å². The van der Waals surface area contributed by atoms with Gasteiger partial charge in [0.2, 0.25) is 0 Å². The Morgan fingerprint density at radius 2 is 0.974 bits per heavy atom. The van der Waals surface area contributed by atoms with Gasteiger partial charge in [-0.15, -0.1) is 0 Å². The Balaban J connectivity index is 3.49. The highest BCUT2D eigenvalue weighted by atomic mass is 127. The standard InChI is InChI=1S/C20H28I3N3O13/c1-24-18(37)6-7(21)10(25-19(38)16(35)14(33)12(31)4(29)2-27)9(23)11(8(6)22)26-20(39)17(36)15(34)13(32)5(30)3-28/h4-5,12-17,27-36H,2-3H2,1H3,(H,24,37)(H,25,38)(H,26,39). The number of carbonyl (C=O) groups excluding carboxylic acids is 3. The van der Waals surface area contributed by atoms with E-state index in [0.717, 1.165) is 0 Å². The molecule has 13 N–H and O–H groups in total. The average molecular weight is 899 g/mol. The first-order valence-corrected chi connectivity index (χ1v) is 14.0. The minimum Gasteiger partial charge on any atom is -0.394 e. The van der Waals surface area contributed by atoms with E-state index in [2.05, 4.69) is 16.0 Å². The van der Waals surface area contributed by atoms with Crippen LogP contribution in [0.3, 0.4) is 0 Å². The fourth-order valence-electron chi connectivity index (χ4n) is 2.96. The number of halogens is 3. The van der Waals surface area contributed by atoms with Crippen LogP contribution in [-0.2, 0) is 9.59 Å². The summed E-state index contributed by atoms with van der Waals surface area (Å²) in [7, 11) is 1.30. The highest BCUT2D eigenvalue weighted by Crippen LogP contribution is 2.39. The van der Waals surface area contributed by atoms with Crippen molar-refractivity contribution in [2.24, 2.45) is 0 Å². The van der Waals surface area contributed by atoms with Gasteiger partial charge in [-0.05, 0) is 67.8 Å². The van der Waals surface area contributed by atoms with Gasteiger partial charge in [-0.3, -0.25) is 14.4 Å². The van der Waals surface area contributed by atoms with Crippen LogP contribution in [0.4, 0.5) is 11.4 Å². The SMILES string of the molecule is CNC(=O)c1c(I)c(NC(=O)C(O)C(O)C(O)C(O)CO)c(I)c(NC(=O)C(O)C(O)C(O)C(O)CO)c1I. The van der Waals surface area contributed by atoms with E-state index in [9.17, 15) is 55.2 Å². The summed E-state index contributed by atoms with van der Waals surface area (Å²) in [5.74, 6) is -3.30. The van der Waals surface area contributed by atoms with Gasteiger partial charge in [0.25, 0.3) is 17.7 Å². The zero-order valence-corrected chi connectivity index (χ0v) is 26.3. The summed E-state index contributed by atoms with van der Waals surface area (Å²) in [6.07, 6.45) is -17.1. The Morgan fingerprint density at radius 3 is 1.26 bits per heavy atom. The molecule has 39 heavy (non-hydrogen) atoms. The van der Waals surface area contributed by atoms with Crippen molar-refractivity contribution < 1.29 is 65.4 Å². The van der Waals surface area contributed by atoms with Crippen LogP contribution in [-0.4, -0.2) is 138 Å². The fraction of sp³-hybridized carbons (Fsp3) is 0.550. The topological polar surface area (TPSA) is 290 Å². The van der Waals surface area contributed by atoms with Crippen LogP contribution in [0.5, 0.6) is 0 Å². The van der Waals surface area contributed by atoms with E-state index in [0.29, 0.717) is 0 Å². The Morgan fingerprint density at radius 1 is 0.641 bits per heavy atom. The van der Waals surface area contributed by atoms with Gasteiger partial charge in [0.1, 0.15) is 36.6 Å². The quantitative estimate of drug-likeness (QED) is 0.0835. The number of carbonyl (C=O) groups is 3. The summed E-state index contributed by atoms with van der Waals surface area (Å²) in [4.78, 5) is 38.0. The predicted octanol–water partition coefficient (Wildman–Crippen LogP) is -4.39. The normalized spacial score (nSPS) is 17.7. The van der Waals surface area contributed by atoms with E-state index in [1.807, 2.05) is 0 Å². The van der Waals surface area contributed by atoms with Crippen molar-refractivity contribution in [1.82, 2.24) is 5.32 Å². The second-order valence-corrected chi connectivity index (χ2v) is 11.2. The highest BCUT2D eigenvalue weighted by molar-refractivity contribution is 14.1. The molecular weight excluding hydrogens is 871 g/mol. The molecule has 8 unspecified atom stereocenters. The number of hydrogen-bond acceptors (Lipinski definition) is 13. The minimum absolute atomic E-state index is 0.0333. The lowest BCUT2D eigenvalue weighted by molar-refractivity contribution is -0.144. The molecule has 16 nitrogen and oxygen atoms in total. The molecule has 0 saturated carbocycles. The Labute approximate surface area is 261 Å². The van der Waals surface area contributed by atoms with Crippen molar-refractivity contribution in [1.29, 1.82) is 0 Å². The molecule has 0 aliphatic rings. The monoisotopic (exact) mass is 899 g/mol. The molecule has 222 valence electrons. The molecule has 8 atom stereocenters. The molecule has 0 spiro atoms. The number of benzene rings is 1. The van der Waals surface area contributed by atoms with Gasteiger partial charge in [-0.2, -0.15) is 0 Å². The molecule has 1 rings (SSSR count). The van der Waals surface area contributed by atoms with Crippen LogP contribution in [0.1, 0.15) is 10.4 Å². The molecule has 1 aromatic rings. The van der Waals surface area contributed by atoms with E-state index in [1.165, 1.54) is 7.05 Å². The highest BCUT2D eigenvalue weighted by Gasteiger charge is 2.37. The molecule has 0 fully saturated rings. The van der Waals surface area contributed by atoms with Gasteiger partial charge in [0, 0.05) is 7.05 Å². The van der Waals surface area contributed by atoms with Crippen LogP contribution >= 0.6 is 67.8 Å².